The molecule has 0 spiro atoms. The first-order valence-corrected chi connectivity index (χ1v) is 7.34. The van der Waals surface area contributed by atoms with Gasteiger partial charge in [0, 0.05) is 12.1 Å². The van der Waals surface area contributed by atoms with E-state index in [1.807, 2.05) is 0 Å². The van der Waals surface area contributed by atoms with Gasteiger partial charge in [0.1, 0.15) is 4.90 Å². The van der Waals surface area contributed by atoms with Gasteiger partial charge < -0.3 is 5.73 Å². The van der Waals surface area contributed by atoms with Crippen LogP contribution in [0.15, 0.2) is 17.0 Å². The number of benzene rings is 1. The summed E-state index contributed by atoms with van der Waals surface area (Å²) in [6, 6.07) is 2.89. The SMILES string of the molecule is CCNS(=O)(=O)c1c(Cl)cc(C#CCN)cc1Cl. The van der Waals surface area contributed by atoms with Crippen LogP contribution in [0, 0.1) is 11.8 Å². The highest BCUT2D eigenvalue weighted by Gasteiger charge is 2.21. The Morgan fingerprint density at radius 1 is 1.33 bits per heavy atom. The highest BCUT2D eigenvalue weighted by molar-refractivity contribution is 7.89. The van der Waals surface area contributed by atoms with Gasteiger partial charge in [0.2, 0.25) is 10.0 Å². The molecule has 4 nitrogen and oxygen atoms in total. The maximum Gasteiger partial charge on any atom is 0.243 e. The molecular weight excluding hydrogens is 295 g/mol. The average Bonchev–Trinajstić information content (AvgIpc) is 2.24. The Morgan fingerprint density at radius 3 is 2.33 bits per heavy atom. The lowest BCUT2D eigenvalue weighted by Gasteiger charge is -2.09. The third-order valence-electron chi connectivity index (χ3n) is 1.94. The highest BCUT2D eigenvalue weighted by atomic mass is 35.5. The zero-order valence-electron chi connectivity index (χ0n) is 9.63. The molecule has 98 valence electrons. The molecule has 1 rings (SSSR count). The van der Waals surface area contributed by atoms with E-state index in [0.717, 1.165) is 0 Å². The number of halogens is 2. The molecule has 1 aromatic rings. The van der Waals surface area contributed by atoms with Crippen LogP contribution in [0.25, 0.3) is 0 Å². The highest BCUT2D eigenvalue weighted by Crippen LogP contribution is 2.30. The fourth-order valence-corrected chi connectivity index (χ4v) is 3.56. The summed E-state index contributed by atoms with van der Waals surface area (Å²) in [6.07, 6.45) is 0. The lowest BCUT2D eigenvalue weighted by Crippen LogP contribution is -2.23. The van der Waals surface area contributed by atoms with E-state index in [0.29, 0.717) is 5.56 Å². The summed E-state index contributed by atoms with van der Waals surface area (Å²) >= 11 is 11.9. The third kappa shape index (κ3) is 3.61. The van der Waals surface area contributed by atoms with Gasteiger partial charge in [-0.15, -0.1) is 0 Å². The molecule has 18 heavy (non-hydrogen) atoms. The van der Waals surface area contributed by atoms with Gasteiger partial charge in [-0.1, -0.05) is 42.0 Å². The number of rotatable bonds is 3. The molecule has 0 unspecified atom stereocenters. The number of hydrogen-bond donors (Lipinski definition) is 2. The largest absolute Gasteiger partial charge is 0.320 e. The second-order valence-electron chi connectivity index (χ2n) is 3.28. The minimum absolute atomic E-state index is 0.0322. The van der Waals surface area contributed by atoms with Gasteiger partial charge in [0.15, 0.2) is 0 Å². The van der Waals surface area contributed by atoms with Crippen LogP contribution in [0.5, 0.6) is 0 Å². The number of nitrogens with one attached hydrogen (secondary N) is 1. The van der Waals surface area contributed by atoms with E-state index >= 15 is 0 Å². The first-order chi connectivity index (χ1) is 8.42. The Hall–Kier alpha value is -0.770. The summed E-state index contributed by atoms with van der Waals surface area (Å²) in [5.41, 5.74) is 5.77. The molecule has 0 aliphatic heterocycles. The van der Waals surface area contributed by atoms with Gasteiger partial charge in [-0.3, -0.25) is 0 Å². The van der Waals surface area contributed by atoms with Crippen molar-refractivity contribution in [1.29, 1.82) is 0 Å². The minimum Gasteiger partial charge on any atom is -0.320 e. The Morgan fingerprint density at radius 2 is 1.89 bits per heavy atom. The molecule has 3 N–H and O–H groups in total. The van der Waals surface area contributed by atoms with Crippen molar-refractivity contribution in [2.75, 3.05) is 13.1 Å². The Balaban J connectivity index is 3.33. The fraction of sp³-hybridized carbons (Fsp3) is 0.273. The second kappa shape index (κ2) is 6.41. The van der Waals surface area contributed by atoms with Crippen molar-refractivity contribution in [2.45, 2.75) is 11.8 Å². The molecule has 0 fully saturated rings. The monoisotopic (exact) mass is 306 g/mol. The molecule has 0 aromatic heterocycles. The fourth-order valence-electron chi connectivity index (χ4n) is 1.30. The lowest BCUT2D eigenvalue weighted by molar-refractivity contribution is 0.584. The lowest BCUT2D eigenvalue weighted by atomic mass is 10.2. The predicted molar refractivity (Wildman–Crippen MR) is 73.3 cm³/mol. The molecular formula is C11H12Cl2N2O2S. The van der Waals surface area contributed by atoms with Crippen LogP contribution in [0.1, 0.15) is 12.5 Å². The van der Waals surface area contributed by atoms with Crippen molar-refractivity contribution in [3.8, 4) is 11.8 Å². The first-order valence-electron chi connectivity index (χ1n) is 5.10. The van der Waals surface area contributed by atoms with Crippen LogP contribution in [-0.4, -0.2) is 21.5 Å². The molecule has 0 heterocycles. The number of nitrogens with two attached hydrogens (primary N) is 1. The molecule has 0 aliphatic rings. The van der Waals surface area contributed by atoms with Crippen LogP contribution >= 0.6 is 23.2 Å². The smallest absolute Gasteiger partial charge is 0.243 e. The van der Waals surface area contributed by atoms with Gasteiger partial charge in [-0.2, -0.15) is 0 Å². The third-order valence-corrected chi connectivity index (χ3v) is 4.40. The van der Waals surface area contributed by atoms with Crippen molar-refractivity contribution in [2.24, 2.45) is 5.73 Å². The summed E-state index contributed by atoms with van der Waals surface area (Å²) in [6.45, 7) is 2.12. The van der Waals surface area contributed by atoms with Crippen LogP contribution in [-0.2, 0) is 10.0 Å². The topological polar surface area (TPSA) is 72.2 Å². The van der Waals surface area contributed by atoms with Gasteiger partial charge in [0.05, 0.1) is 16.6 Å². The minimum atomic E-state index is -3.70. The normalized spacial score (nSPS) is 10.9. The summed E-state index contributed by atoms with van der Waals surface area (Å²) in [5.74, 6) is 5.38. The van der Waals surface area contributed by atoms with Crippen LogP contribution in [0.2, 0.25) is 10.0 Å². The van der Waals surface area contributed by atoms with E-state index in [1.165, 1.54) is 12.1 Å². The molecule has 7 heteroatoms. The van der Waals surface area contributed by atoms with Gasteiger partial charge in [-0.25, -0.2) is 13.1 Å². The zero-order valence-corrected chi connectivity index (χ0v) is 12.0. The van der Waals surface area contributed by atoms with E-state index in [4.69, 9.17) is 28.9 Å². The van der Waals surface area contributed by atoms with Gasteiger partial charge in [-0.05, 0) is 12.1 Å². The Labute approximate surface area is 117 Å². The quantitative estimate of drug-likeness (QED) is 0.833. The zero-order chi connectivity index (χ0) is 13.8. The molecule has 0 saturated carbocycles. The van der Waals surface area contributed by atoms with Crippen molar-refractivity contribution in [3.05, 3.63) is 27.7 Å². The molecule has 0 saturated heterocycles. The molecule has 0 radical (unpaired) electrons. The van der Waals surface area contributed by atoms with Crippen LogP contribution in [0.4, 0.5) is 0 Å². The first kappa shape index (κ1) is 15.3. The second-order valence-corrected chi connectivity index (χ2v) is 5.79. The van der Waals surface area contributed by atoms with Crippen molar-refractivity contribution >= 4 is 33.2 Å². The summed E-state index contributed by atoms with van der Waals surface area (Å²) in [7, 11) is -3.70. The van der Waals surface area contributed by atoms with Gasteiger partial charge in [0.25, 0.3) is 0 Å². The number of sulfonamides is 1. The standard InChI is InChI=1S/C11H12Cl2N2O2S/c1-2-15-18(16,17)11-9(12)6-8(4-3-5-14)7-10(11)13/h6-7,15H,2,5,14H2,1H3. The molecule has 0 amide bonds. The van der Waals surface area contributed by atoms with E-state index in [2.05, 4.69) is 16.6 Å². The van der Waals surface area contributed by atoms with Crippen molar-refractivity contribution < 1.29 is 8.42 Å². The van der Waals surface area contributed by atoms with E-state index in [1.54, 1.807) is 6.92 Å². The molecule has 0 atom stereocenters. The average molecular weight is 307 g/mol. The van der Waals surface area contributed by atoms with E-state index in [-0.39, 0.29) is 28.0 Å². The maximum absolute atomic E-state index is 11.9. The molecule has 0 bridgehead atoms. The van der Waals surface area contributed by atoms with Gasteiger partial charge >= 0.3 is 0 Å². The Kier molecular flexibility index (Phi) is 5.45. The van der Waals surface area contributed by atoms with Crippen molar-refractivity contribution in [1.82, 2.24) is 4.72 Å². The van der Waals surface area contributed by atoms with E-state index < -0.39 is 10.0 Å². The predicted octanol–water partition coefficient (Wildman–Crippen LogP) is 1.60. The Bertz CT molecular complexity index is 580. The summed E-state index contributed by atoms with van der Waals surface area (Å²) in [5, 5.41) is 0.0644. The van der Waals surface area contributed by atoms with E-state index in [9.17, 15) is 8.42 Å². The molecule has 0 aliphatic carbocycles. The summed E-state index contributed by atoms with van der Waals surface area (Å²) in [4.78, 5) is -0.133. The number of hydrogen-bond acceptors (Lipinski definition) is 3. The summed E-state index contributed by atoms with van der Waals surface area (Å²) < 4.78 is 26.1. The molecule has 1 aromatic carbocycles. The van der Waals surface area contributed by atoms with Crippen molar-refractivity contribution in [3.63, 3.8) is 0 Å². The van der Waals surface area contributed by atoms with Crippen LogP contribution < -0.4 is 10.5 Å². The maximum atomic E-state index is 11.9. The van der Waals surface area contributed by atoms with Crippen LogP contribution in [0.3, 0.4) is 0 Å².